The molecule has 0 aliphatic rings. The fourth-order valence-electron chi connectivity index (χ4n) is 3.69. The summed E-state index contributed by atoms with van der Waals surface area (Å²) in [5.41, 5.74) is 2.46. The summed E-state index contributed by atoms with van der Waals surface area (Å²) >= 11 is 6.03. The summed E-state index contributed by atoms with van der Waals surface area (Å²) < 4.78 is 25.0. The van der Waals surface area contributed by atoms with Gasteiger partial charge in [0.05, 0.1) is 12.8 Å². The highest BCUT2D eigenvalue weighted by molar-refractivity contribution is 7.88. The number of carbonyl (C=O) groups is 2. The molecule has 1 N–H and O–H groups in total. The Balaban J connectivity index is 1.91. The van der Waals surface area contributed by atoms with Crippen molar-refractivity contribution < 1.29 is 18.0 Å². The molecule has 1 atom stereocenters. The Morgan fingerprint density at radius 2 is 1.47 bits per heavy atom. The van der Waals surface area contributed by atoms with Crippen LogP contribution in [0.15, 0.2) is 84.9 Å². The van der Waals surface area contributed by atoms with Crippen LogP contribution in [0, 0.1) is 0 Å². The van der Waals surface area contributed by atoms with E-state index in [4.69, 9.17) is 11.6 Å². The summed E-state index contributed by atoms with van der Waals surface area (Å²) in [7, 11) is -2.26. The largest absolute Gasteiger partial charge is 0.354 e. The molecule has 0 radical (unpaired) electrons. The molecule has 3 aromatic rings. The van der Waals surface area contributed by atoms with Gasteiger partial charge in [0, 0.05) is 25.2 Å². The van der Waals surface area contributed by atoms with E-state index in [9.17, 15) is 18.0 Å². The molecule has 0 unspecified atom stereocenters. The first-order chi connectivity index (χ1) is 17.1. The maximum absolute atomic E-state index is 13.5. The van der Waals surface area contributed by atoms with Gasteiger partial charge in [0.15, 0.2) is 0 Å². The van der Waals surface area contributed by atoms with E-state index in [0.717, 1.165) is 21.7 Å². The topological polar surface area (TPSA) is 86.8 Å². The smallest absolute Gasteiger partial charge is 0.247 e. The van der Waals surface area contributed by atoms with Gasteiger partial charge in [-0.3, -0.25) is 9.59 Å². The van der Waals surface area contributed by atoms with Crippen molar-refractivity contribution in [2.24, 2.45) is 0 Å². The fraction of sp³-hybridized carbons (Fsp3) is 0.259. The van der Waals surface area contributed by atoms with Crippen molar-refractivity contribution in [1.29, 1.82) is 0 Å². The van der Waals surface area contributed by atoms with Crippen LogP contribution in [0.25, 0.3) is 0 Å². The van der Waals surface area contributed by atoms with Crippen LogP contribution < -0.4 is 5.32 Å². The Kier molecular flexibility index (Phi) is 9.64. The number of hydrogen-bond acceptors (Lipinski definition) is 4. The molecule has 3 aromatic carbocycles. The van der Waals surface area contributed by atoms with Crippen LogP contribution in [0.2, 0.25) is 5.02 Å². The molecule has 0 bridgehead atoms. The lowest BCUT2D eigenvalue weighted by atomic mass is 10.0. The van der Waals surface area contributed by atoms with Crippen LogP contribution in [0.5, 0.6) is 0 Å². The highest BCUT2D eigenvalue weighted by Gasteiger charge is 2.32. The molecule has 0 heterocycles. The Bertz CT molecular complexity index is 1250. The zero-order valence-electron chi connectivity index (χ0n) is 20.3. The molecular formula is C27H30ClN3O4S. The number of rotatable bonds is 11. The van der Waals surface area contributed by atoms with Crippen LogP contribution in [0.4, 0.5) is 0 Å². The molecule has 3 rings (SSSR count). The minimum atomic E-state index is -3.60. The standard InChI is InChI=1S/C27H30ClN3O4S/c1-30(36(2,34)35)20-25(32)31(19-22-13-15-24(28)16-14-22)26(23-11-7-4-8-12-23)27(33)29-18-17-21-9-5-3-6-10-21/h3-16,26H,17-20H2,1-2H3,(H,29,33)/t26-/m1/s1. The number of benzene rings is 3. The fourth-order valence-corrected chi connectivity index (χ4v) is 4.16. The zero-order chi connectivity index (χ0) is 26.1. The maximum atomic E-state index is 13.5. The first kappa shape index (κ1) is 27.4. The van der Waals surface area contributed by atoms with Crippen LogP contribution >= 0.6 is 11.6 Å². The van der Waals surface area contributed by atoms with Gasteiger partial charge in [-0.1, -0.05) is 84.4 Å². The van der Waals surface area contributed by atoms with Gasteiger partial charge in [-0.2, -0.15) is 4.31 Å². The first-order valence-electron chi connectivity index (χ1n) is 11.5. The Morgan fingerprint density at radius 1 is 0.889 bits per heavy atom. The van der Waals surface area contributed by atoms with Crippen molar-refractivity contribution in [3.05, 3.63) is 107 Å². The second-order valence-corrected chi connectivity index (χ2v) is 11.0. The molecule has 9 heteroatoms. The number of nitrogens with zero attached hydrogens (tertiary/aromatic N) is 2. The summed E-state index contributed by atoms with van der Waals surface area (Å²) in [5, 5.41) is 3.51. The molecule has 0 fully saturated rings. The van der Waals surface area contributed by atoms with E-state index < -0.39 is 28.5 Å². The first-order valence-corrected chi connectivity index (χ1v) is 13.7. The summed E-state index contributed by atoms with van der Waals surface area (Å²) in [6.45, 7) is 0.0880. The van der Waals surface area contributed by atoms with E-state index >= 15 is 0 Å². The van der Waals surface area contributed by atoms with E-state index in [2.05, 4.69) is 5.32 Å². The van der Waals surface area contributed by atoms with Gasteiger partial charge in [0.2, 0.25) is 21.8 Å². The van der Waals surface area contributed by atoms with Gasteiger partial charge in [-0.05, 0) is 35.2 Å². The highest BCUT2D eigenvalue weighted by atomic mass is 35.5. The van der Waals surface area contributed by atoms with E-state index in [-0.39, 0.29) is 12.5 Å². The zero-order valence-corrected chi connectivity index (χ0v) is 21.9. The monoisotopic (exact) mass is 527 g/mol. The third-order valence-electron chi connectivity index (χ3n) is 5.74. The average molecular weight is 528 g/mol. The molecule has 0 saturated carbocycles. The van der Waals surface area contributed by atoms with Crippen LogP contribution in [0.3, 0.4) is 0 Å². The van der Waals surface area contributed by atoms with E-state index in [1.807, 2.05) is 36.4 Å². The molecule has 2 amide bonds. The van der Waals surface area contributed by atoms with E-state index in [1.54, 1.807) is 48.5 Å². The van der Waals surface area contributed by atoms with Crippen molar-refractivity contribution in [3.8, 4) is 0 Å². The lowest BCUT2D eigenvalue weighted by Crippen LogP contribution is -2.47. The van der Waals surface area contributed by atoms with Crippen LogP contribution in [-0.4, -0.2) is 55.8 Å². The quantitative estimate of drug-likeness (QED) is 0.412. The second-order valence-electron chi connectivity index (χ2n) is 8.51. The molecule has 0 saturated heterocycles. The number of likely N-dealkylation sites (N-methyl/N-ethyl adjacent to an activating group) is 1. The van der Waals surface area contributed by atoms with Crippen molar-refractivity contribution in [2.75, 3.05) is 26.4 Å². The van der Waals surface area contributed by atoms with Crippen LogP contribution in [-0.2, 0) is 32.6 Å². The van der Waals surface area contributed by atoms with Gasteiger partial charge in [-0.15, -0.1) is 0 Å². The highest BCUT2D eigenvalue weighted by Crippen LogP contribution is 2.25. The van der Waals surface area contributed by atoms with Crippen molar-refractivity contribution in [1.82, 2.24) is 14.5 Å². The van der Waals surface area contributed by atoms with Gasteiger partial charge >= 0.3 is 0 Å². The Hall–Kier alpha value is -3.20. The number of hydrogen-bond donors (Lipinski definition) is 1. The molecule has 190 valence electrons. The van der Waals surface area contributed by atoms with Gasteiger partial charge in [-0.25, -0.2) is 8.42 Å². The number of nitrogens with one attached hydrogen (secondary N) is 1. The molecule has 36 heavy (non-hydrogen) atoms. The molecule has 0 spiro atoms. The van der Waals surface area contributed by atoms with Gasteiger partial charge < -0.3 is 10.2 Å². The Morgan fingerprint density at radius 3 is 2.06 bits per heavy atom. The summed E-state index contributed by atoms with van der Waals surface area (Å²) in [4.78, 5) is 28.5. The summed E-state index contributed by atoms with van der Waals surface area (Å²) in [5.74, 6) is -0.841. The van der Waals surface area contributed by atoms with Crippen molar-refractivity contribution >= 4 is 33.4 Å². The third kappa shape index (κ3) is 7.91. The SMILES string of the molecule is CN(CC(=O)N(Cc1ccc(Cl)cc1)[C@@H](C(=O)NCCc1ccccc1)c1ccccc1)S(C)(=O)=O. The predicted octanol–water partition coefficient (Wildman–Crippen LogP) is 3.66. The van der Waals surface area contributed by atoms with Gasteiger partial charge in [0.1, 0.15) is 6.04 Å². The lowest BCUT2D eigenvalue weighted by molar-refractivity contribution is -0.141. The number of carbonyl (C=O) groups excluding carboxylic acids is 2. The van der Waals surface area contributed by atoms with E-state index in [0.29, 0.717) is 23.6 Å². The normalized spacial score (nSPS) is 12.2. The molecule has 0 aliphatic heterocycles. The minimum Gasteiger partial charge on any atom is -0.354 e. The Labute approximate surface area is 217 Å². The minimum absolute atomic E-state index is 0.0965. The molecular weight excluding hydrogens is 498 g/mol. The lowest BCUT2D eigenvalue weighted by Gasteiger charge is -2.32. The summed E-state index contributed by atoms with van der Waals surface area (Å²) in [6, 6.07) is 24.8. The molecule has 0 aliphatic carbocycles. The maximum Gasteiger partial charge on any atom is 0.247 e. The van der Waals surface area contributed by atoms with Crippen molar-refractivity contribution in [2.45, 2.75) is 19.0 Å². The third-order valence-corrected chi connectivity index (χ3v) is 7.26. The van der Waals surface area contributed by atoms with E-state index in [1.165, 1.54) is 11.9 Å². The molecule has 0 aromatic heterocycles. The second kappa shape index (κ2) is 12.7. The predicted molar refractivity (Wildman–Crippen MR) is 142 cm³/mol. The van der Waals surface area contributed by atoms with Crippen molar-refractivity contribution in [3.63, 3.8) is 0 Å². The van der Waals surface area contributed by atoms with Gasteiger partial charge in [0.25, 0.3) is 0 Å². The number of amides is 2. The average Bonchev–Trinajstić information content (AvgIpc) is 2.85. The van der Waals surface area contributed by atoms with Crippen LogP contribution in [0.1, 0.15) is 22.7 Å². The molecule has 7 nitrogen and oxygen atoms in total. The summed E-state index contributed by atoms with van der Waals surface area (Å²) in [6.07, 6.45) is 1.67. The number of halogens is 1. The number of sulfonamides is 1.